The minimum atomic E-state index is -1.22. The van der Waals surface area contributed by atoms with Crippen LogP contribution in [0.4, 0.5) is 4.39 Å². The molecule has 3 atom stereocenters. The number of carbonyl (C=O) groups is 3. The number of para-hydroxylation sites is 2. The minimum absolute atomic E-state index is 0.0424. The number of nitrogens with zero attached hydrogens (tertiary/aromatic N) is 2. The molecule has 2 aromatic carbocycles. The first-order valence-corrected chi connectivity index (χ1v) is 13.2. The number of hydrogen-bond acceptors (Lipinski definition) is 9. The van der Waals surface area contributed by atoms with Crippen LogP contribution in [-0.4, -0.2) is 63.9 Å². The van der Waals surface area contributed by atoms with E-state index in [0.29, 0.717) is 23.0 Å². The van der Waals surface area contributed by atoms with Gasteiger partial charge in [0.05, 0.1) is 41.5 Å². The van der Waals surface area contributed by atoms with Crippen LogP contribution < -0.4 is 16.8 Å². The fourth-order valence-electron chi connectivity index (χ4n) is 4.25. The Hall–Kier alpha value is -4.00. The number of nitrogens with one attached hydrogen (secondary N) is 1. The monoisotopic (exact) mass is 569 g/mol. The molecule has 0 fully saturated rings. The first kappa shape index (κ1) is 31.5. The smallest absolute Gasteiger partial charge is 0.321 e. The molecule has 0 aliphatic carbocycles. The molecule has 2 amide bonds. The molecule has 0 bridgehead atoms. The molecule has 0 radical (unpaired) electrons. The average Bonchev–Trinajstić information content (AvgIpc) is 2.94. The second-order valence-corrected chi connectivity index (χ2v) is 10.3. The Balaban J connectivity index is 1.72. The number of ether oxygens (including phenoxy) is 2. The number of primary amides is 1. The zero-order valence-corrected chi connectivity index (χ0v) is 23.1. The lowest BCUT2D eigenvalue weighted by molar-refractivity contribution is -0.168. The fourth-order valence-corrected chi connectivity index (χ4v) is 4.25. The number of hydrogen-bond donors (Lipinski definition) is 4. The molecular formula is C29H36FN5O6. The number of fused-ring (bicyclic) bond motifs is 1. The van der Waals surface area contributed by atoms with Gasteiger partial charge in [-0.2, -0.15) is 0 Å². The van der Waals surface area contributed by atoms with E-state index < -0.39 is 47.3 Å². The van der Waals surface area contributed by atoms with E-state index in [4.69, 9.17) is 20.9 Å². The Labute approximate surface area is 237 Å². The summed E-state index contributed by atoms with van der Waals surface area (Å²) in [4.78, 5) is 45.3. The zero-order valence-electron chi connectivity index (χ0n) is 23.1. The number of aromatic nitrogens is 2. The largest absolute Gasteiger partial charge is 0.437 e. The van der Waals surface area contributed by atoms with Gasteiger partial charge in [-0.1, -0.05) is 24.3 Å². The van der Waals surface area contributed by atoms with Crippen LogP contribution in [0.5, 0.6) is 0 Å². The lowest BCUT2D eigenvalue weighted by Crippen LogP contribution is -2.46. The Morgan fingerprint density at radius 3 is 2.54 bits per heavy atom. The summed E-state index contributed by atoms with van der Waals surface area (Å²) >= 11 is 0. The number of aliphatic hydroxyl groups excluding tert-OH is 1. The number of halogens is 1. The third-order valence-corrected chi connectivity index (χ3v) is 6.67. The number of amides is 2. The van der Waals surface area contributed by atoms with Crippen LogP contribution in [0.1, 0.15) is 49.2 Å². The summed E-state index contributed by atoms with van der Waals surface area (Å²) in [6, 6.07) is 12.0. The molecule has 12 heteroatoms. The van der Waals surface area contributed by atoms with E-state index in [9.17, 15) is 23.9 Å². The summed E-state index contributed by atoms with van der Waals surface area (Å²) in [7, 11) is 0. The average molecular weight is 570 g/mol. The minimum Gasteiger partial charge on any atom is -0.437 e. The molecule has 0 spiro atoms. The quantitative estimate of drug-likeness (QED) is 0.157. The molecule has 0 aliphatic rings. The van der Waals surface area contributed by atoms with Crippen molar-refractivity contribution >= 4 is 28.8 Å². The highest BCUT2D eigenvalue weighted by molar-refractivity contribution is 5.94. The van der Waals surface area contributed by atoms with Gasteiger partial charge in [0.15, 0.2) is 6.79 Å². The van der Waals surface area contributed by atoms with Gasteiger partial charge in [-0.05, 0) is 69.4 Å². The van der Waals surface area contributed by atoms with Crippen molar-refractivity contribution in [3.63, 3.8) is 0 Å². The third-order valence-electron chi connectivity index (χ3n) is 6.67. The molecule has 0 unspecified atom stereocenters. The van der Waals surface area contributed by atoms with Crippen molar-refractivity contribution in [2.24, 2.45) is 17.4 Å². The van der Waals surface area contributed by atoms with Gasteiger partial charge in [0.25, 0.3) is 5.91 Å². The number of aliphatic hydroxyl groups is 1. The number of benzene rings is 2. The maximum atomic E-state index is 13.9. The lowest BCUT2D eigenvalue weighted by atomic mass is 9.87. The van der Waals surface area contributed by atoms with Crippen molar-refractivity contribution in [2.45, 2.75) is 57.3 Å². The van der Waals surface area contributed by atoms with Crippen molar-refractivity contribution in [3.8, 4) is 0 Å². The fraction of sp³-hybridized carbons (Fsp3) is 0.414. The van der Waals surface area contributed by atoms with Crippen molar-refractivity contribution in [3.05, 3.63) is 71.8 Å². The first-order valence-electron chi connectivity index (χ1n) is 13.2. The Kier molecular flexibility index (Phi) is 11.2. The molecule has 3 aromatic rings. The standard InChI is InChI=1S/C29H36FN5O6/c1-29(2,41-17-40-26(37)15-31)11-10-19(27(32)38)14-25(36)23(13-18-6-5-7-20(30)12-18)35-28(39)24-16-33-21-8-3-4-9-22(21)34-24/h3-9,12,16,19,23,25,36H,10-11,13-15,17,31H2,1-2H3,(H2,32,38)(H,35,39)/t19-,23+,25+/m1/s1. The number of rotatable bonds is 15. The van der Waals surface area contributed by atoms with Gasteiger partial charge < -0.3 is 31.4 Å². The third kappa shape index (κ3) is 9.85. The maximum Gasteiger partial charge on any atom is 0.321 e. The van der Waals surface area contributed by atoms with Crippen LogP contribution in [-0.2, 0) is 25.5 Å². The van der Waals surface area contributed by atoms with Crippen molar-refractivity contribution in [1.29, 1.82) is 0 Å². The summed E-state index contributed by atoms with van der Waals surface area (Å²) in [5, 5.41) is 14.0. The Bertz CT molecular complexity index is 1350. The van der Waals surface area contributed by atoms with E-state index in [-0.39, 0.29) is 38.3 Å². The van der Waals surface area contributed by atoms with Crippen LogP contribution >= 0.6 is 0 Å². The van der Waals surface area contributed by atoms with Crippen molar-refractivity contribution in [1.82, 2.24) is 15.3 Å². The normalized spacial score (nSPS) is 13.8. The van der Waals surface area contributed by atoms with Crippen LogP contribution in [0.3, 0.4) is 0 Å². The summed E-state index contributed by atoms with van der Waals surface area (Å²) in [6.07, 6.45) is 0.725. The molecule has 6 N–H and O–H groups in total. The van der Waals surface area contributed by atoms with Crippen LogP contribution in [0.25, 0.3) is 11.0 Å². The topological polar surface area (TPSA) is 180 Å². The van der Waals surface area contributed by atoms with Crippen LogP contribution in [0.2, 0.25) is 0 Å². The Morgan fingerprint density at radius 2 is 1.85 bits per heavy atom. The molecule has 0 aliphatic heterocycles. The predicted octanol–water partition coefficient (Wildman–Crippen LogP) is 2.00. The summed E-state index contributed by atoms with van der Waals surface area (Å²) in [5.74, 6) is -3.06. The molecule has 1 aromatic heterocycles. The van der Waals surface area contributed by atoms with Crippen molar-refractivity contribution < 1.29 is 33.4 Å². The highest BCUT2D eigenvalue weighted by Crippen LogP contribution is 2.24. The molecule has 0 saturated carbocycles. The number of carbonyl (C=O) groups excluding carboxylic acids is 3. The van der Waals surface area contributed by atoms with Gasteiger partial charge in [0.2, 0.25) is 5.91 Å². The van der Waals surface area contributed by atoms with E-state index in [2.05, 4.69) is 15.3 Å². The predicted molar refractivity (Wildman–Crippen MR) is 149 cm³/mol. The van der Waals surface area contributed by atoms with E-state index in [0.717, 1.165) is 0 Å². The highest BCUT2D eigenvalue weighted by Gasteiger charge is 2.30. The van der Waals surface area contributed by atoms with Gasteiger partial charge in [0, 0.05) is 5.92 Å². The van der Waals surface area contributed by atoms with Gasteiger partial charge >= 0.3 is 5.97 Å². The molecule has 220 valence electrons. The van der Waals surface area contributed by atoms with E-state index >= 15 is 0 Å². The second kappa shape index (κ2) is 14.6. The lowest BCUT2D eigenvalue weighted by Gasteiger charge is -2.29. The summed E-state index contributed by atoms with van der Waals surface area (Å²) in [6.45, 7) is 2.95. The molecule has 1 heterocycles. The molecule has 41 heavy (non-hydrogen) atoms. The zero-order chi connectivity index (χ0) is 30.0. The Morgan fingerprint density at radius 1 is 1.12 bits per heavy atom. The summed E-state index contributed by atoms with van der Waals surface area (Å²) < 4.78 is 24.3. The number of nitrogens with two attached hydrogens (primary N) is 2. The van der Waals surface area contributed by atoms with Crippen LogP contribution in [0, 0.1) is 11.7 Å². The van der Waals surface area contributed by atoms with Crippen LogP contribution in [0.15, 0.2) is 54.7 Å². The molecule has 0 saturated heterocycles. The SMILES string of the molecule is CC(C)(CC[C@H](C[C@H](O)[C@H](Cc1cccc(F)c1)NC(=O)c1cnc2ccccc2n1)C(N)=O)OCOC(=O)CN. The maximum absolute atomic E-state index is 13.9. The van der Waals surface area contributed by atoms with Gasteiger partial charge in [0.1, 0.15) is 11.5 Å². The van der Waals surface area contributed by atoms with Gasteiger partial charge in [-0.15, -0.1) is 0 Å². The van der Waals surface area contributed by atoms with E-state index in [1.54, 1.807) is 44.2 Å². The van der Waals surface area contributed by atoms with Crippen molar-refractivity contribution in [2.75, 3.05) is 13.3 Å². The second-order valence-electron chi connectivity index (χ2n) is 10.3. The number of esters is 1. The molecule has 11 nitrogen and oxygen atoms in total. The molecule has 3 rings (SSSR count). The summed E-state index contributed by atoms with van der Waals surface area (Å²) in [5.41, 5.74) is 11.8. The van der Waals surface area contributed by atoms with Gasteiger partial charge in [-0.3, -0.25) is 19.4 Å². The van der Waals surface area contributed by atoms with E-state index in [1.807, 2.05) is 0 Å². The highest BCUT2D eigenvalue weighted by atomic mass is 19.1. The van der Waals surface area contributed by atoms with Gasteiger partial charge in [-0.25, -0.2) is 9.37 Å². The van der Waals surface area contributed by atoms with E-state index in [1.165, 1.54) is 24.4 Å². The molecular weight excluding hydrogens is 533 g/mol. The first-order chi connectivity index (χ1) is 19.5.